The second-order valence-corrected chi connectivity index (χ2v) is 8.58. The van der Waals surface area contributed by atoms with Crippen LogP contribution in [-0.2, 0) is 24.1 Å². The minimum Gasteiger partial charge on any atom is -0.497 e. The molecule has 27 heavy (non-hydrogen) atoms. The summed E-state index contributed by atoms with van der Waals surface area (Å²) >= 11 is 1.69. The van der Waals surface area contributed by atoms with Gasteiger partial charge in [0.2, 0.25) is 0 Å². The third-order valence-electron chi connectivity index (χ3n) is 5.45. The summed E-state index contributed by atoms with van der Waals surface area (Å²) in [4.78, 5) is 17.6. The molecule has 5 heteroatoms. The Hall–Kier alpha value is -1.85. The van der Waals surface area contributed by atoms with Crippen molar-refractivity contribution in [1.82, 2.24) is 4.90 Å². The summed E-state index contributed by atoms with van der Waals surface area (Å²) in [5, 5.41) is 0. The van der Waals surface area contributed by atoms with E-state index in [1.165, 1.54) is 23.3 Å². The predicted octanol–water partition coefficient (Wildman–Crippen LogP) is 4.46. The first kappa shape index (κ1) is 18.5. The highest BCUT2D eigenvalue weighted by Gasteiger charge is 2.26. The van der Waals surface area contributed by atoms with Crippen molar-refractivity contribution in [1.29, 1.82) is 0 Å². The summed E-state index contributed by atoms with van der Waals surface area (Å²) in [5.74, 6) is 0.955. The van der Waals surface area contributed by atoms with Gasteiger partial charge < -0.3 is 14.4 Å². The number of methoxy groups -OCH3 is 1. The molecule has 2 aliphatic rings. The molecule has 1 fully saturated rings. The summed E-state index contributed by atoms with van der Waals surface area (Å²) in [6, 6.07) is 10.1. The van der Waals surface area contributed by atoms with Crippen molar-refractivity contribution in [3.05, 3.63) is 51.2 Å². The van der Waals surface area contributed by atoms with Gasteiger partial charge in [-0.05, 0) is 67.9 Å². The second-order valence-electron chi connectivity index (χ2n) is 7.44. The maximum absolute atomic E-state index is 13.4. The van der Waals surface area contributed by atoms with Crippen molar-refractivity contribution in [3.63, 3.8) is 0 Å². The molecule has 0 N–H and O–H groups in total. The van der Waals surface area contributed by atoms with Gasteiger partial charge in [-0.2, -0.15) is 0 Å². The molecule has 2 heterocycles. The third kappa shape index (κ3) is 4.36. The molecule has 1 atom stereocenters. The van der Waals surface area contributed by atoms with Crippen molar-refractivity contribution in [2.24, 2.45) is 0 Å². The number of hydrogen-bond donors (Lipinski definition) is 0. The summed E-state index contributed by atoms with van der Waals surface area (Å²) < 4.78 is 11.2. The Bertz CT molecular complexity index is 771. The number of hydrogen-bond acceptors (Lipinski definition) is 4. The Balaban J connectivity index is 1.56. The lowest BCUT2D eigenvalue weighted by molar-refractivity contribution is 0.0510. The van der Waals surface area contributed by atoms with Gasteiger partial charge in [0, 0.05) is 24.6 Å². The molecule has 1 amide bonds. The molecule has 1 aliphatic carbocycles. The molecular weight excluding hydrogens is 358 g/mol. The number of nitrogens with zero attached hydrogens (tertiary/aromatic N) is 1. The van der Waals surface area contributed by atoms with E-state index in [2.05, 4.69) is 12.1 Å². The number of benzene rings is 1. The van der Waals surface area contributed by atoms with Gasteiger partial charge in [-0.25, -0.2) is 0 Å². The van der Waals surface area contributed by atoms with Crippen LogP contribution in [0.25, 0.3) is 0 Å². The fourth-order valence-corrected chi connectivity index (χ4v) is 5.22. The minimum absolute atomic E-state index is 0.132. The van der Waals surface area contributed by atoms with Gasteiger partial charge in [0.1, 0.15) is 5.75 Å². The van der Waals surface area contributed by atoms with Gasteiger partial charge in [0.15, 0.2) is 0 Å². The number of thiophene rings is 1. The molecule has 1 unspecified atom stereocenters. The number of fused-ring (bicyclic) bond motifs is 1. The number of carbonyl (C=O) groups is 1. The SMILES string of the molecule is COc1cccc(CN(CC2CCCO2)C(=O)c2cc3c(s2)CCCC3)c1. The van der Waals surface area contributed by atoms with Crippen LogP contribution >= 0.6 is 11.3 Å². The third-order valence-corrected chi connectivity index (χ3v) is 6.68. The fraction of sp³-hybridized carbons (Fsp3) is 0.500. The smallest absolute Gasteiger partial charge is 0.264 e. The Labute approximate surface area is 165 Å². The molecule has 1 aromatic carbocycles. The van der Waals surface area contributed by atoms with E-state index in [1.807, 2.05) is 23.1 Å². The van der Waals surface area contributed by atoms with Crippen LogP contribution in [0.15, 0.2) is 30.3 Å². The van der Waals surface area contributed by atoms with E-state index in [0.717, 1.165) is 48.5 Å². The highest BCUT2D eigenvalue weighted by molar-refractivity contribution is 7.14. The van der Waals surface area contributed by atoms with Crippen molar-refractivity contribution in [2.75, 3.05) is 20.3 Å². The maximum Gasteiger partial charge on any atom is 0.264 e. The zero-order valence-corrected chi connectivity index (χ0v) is 16.7. The van der Waals surface area contributed by atoms with E-state index in [-0.39, 0.29) is 12.0 Å². The Morgan fingerprint density at radius 3 is 2.93 bits per heavy atom. The van der Waals surface area contributed by atoms with E-state index in [9.17, 15) is 4.79 Å². The molecule has 1 aromatic heterocycles. The topological polar surface area (TPSA) is 38.8 Å². The first-order chi connectivity index (χ1) is 13.2. The van der Waals surface area contributed by atoms with Gasteiger partial charge in [-0.1, -0.05) is 12.1 Å². The lowest BCUT2D eigenvalue weighted by atomic mass is 9.99. The number of rotatable bonds is 6. The van der Waals surface area contributed by atoms with Crippen molar-refractivity contribution in [3.8, 4) is 5.75 Å². The lowest BCUT2D eigenvalue weighted by Gasteiger charge is -2.25. The molecule has 0 radical (unpaired) electrons. The number of amides is 1. The Kier molecular flexibility index (Phi) is 5.79. The van der Waals surface area contributed by atoms with Gasteiger partial charge in [-0.3, -0.25) is 4.79 Å². The largest absolute Gasteiger partial charge is 0.497 e. The van der Waals surface area contributed by atoms with Crippen LogP contribution in [-0.4, -0.2) is 37.2 Å². The number of aryl methyl sites for hydroxylation is 2. The molecule has 1 aliphatic heterocycles. The number of ether oxygens (including phenoxy) is 2. The molecule has 0 saturated carbocycles. The monoisotopic (exact) mass is 385 g/mol. The minimum atomic E-state index is 0.132. The quantitative estimate of drug-likeness (QED) is 0.737. The molecule has 4 nitrogen and oxygen atoms in total. The van der Waals surface area contributed by atoms with Crippen LogP contribution in [0.5, 0.6) is 5.75 Å². The van der Waals surface area contributed by atoms with E-state index < -0.39 is 0 Å². The summed E-state index contributed by atoms with van der Waals surface area (Å²) in [7, 11) is 1.67. The first-order valence-corrected chi connectivity index (χ1v) is 10.7. The van der Waals surface area contributed by atoms with E-state index >= 15 is 0 Å². The summed E-state index contributed by atoms with van der Waals surface area (Å²) in [5.41, 5.74) is 2.47. The molecule has 144 valence electrons. The van der Waals surface area contributed by atoms with Crippen LogP contribution in [0.2, 0.25) is 0 Å². The second kappa shape index (κ2) is 8.44. The zero-order chi connectivity index (χ0) is 18.6. The van der Waals surface area contributed by atoms with Crippen molar-refractivity contribution in [2.45, 2.75) is 51.2 Å². The fourth-order valence-electron chi connectivity index (χ4n) is 4.00. The predicted molar refractivity (Wildman–Crippen MR) is 108 cm³/mol. The van der Waals surface area contributed by atoms with Crippen LogP contribution in [0.3, 0.4) is 0 Å². The average molecular weight is 386 g/mol. The average Bonchev–Trinajstić information content (AvgIpc) is 3.36. The van der Waals surface area contributed by atoms with Crippen LogP contribution in [0.4, 0.5) is 0 Å². The van der Waals surface area contributed by atoms with Gasteiger partial charge >= 0.3 is 0 Å². The van der Waals surface area contributed by atoms with Gasteiger partial charge in [-0.15, -0.1) is 11.3 Å². The maximum atomic E-state index is 13.4. The molecular formula is C22H27NO3S. The van der Waals surface area contributed by atoms with E-state index in [1.54, 1.807) is 18.4 Å². The van der Waals surface area contributed by atoms with Gasteiger partial charge in [0.25, 0.3) is 5.91 Å². The number of carbonyl (C=O) groups excluding carboxylic acids is 1. The van der Waals surface area contributed by atoms with Crippen molar-refractivity contribution < 1.29 is 14.3 Å². The Morgan fingerprint density at radius 1 is 1.26 bits per heavy atom. The standard InChI is InChI=1S/C22H27NO3S/c1-25-18-8-4-6-16(12-18)14-23(15-19-9-5-11-26-19)22(24)21-13-17-7-2-3-10-20(17)27-21/h4,6,8,12-13,19H,2-3,5,7,9-11,14-15H2,1H3. The van der Waals surface area contributed by atoms with Gasteiger partial charge in [0.05, 0.1) is 18.1 Å². The lowest BCUT2D eigenvalue weighted by Crippen LogP contribution is -2.36. The molecule has 4 rings (SSSR count). The van der Waals surface area contributed by atoms with E-state index in [0.29, 0.717) is 13.1 Å². The summed E-state index contributed by atoms with van der Waals surface area (Å²) in [6.07, 6.45) is 6.97. The zero-order valence-electron chi connectivity index (χ0n) is 15.9. The first-order valence-electron chi connectivity index (χ1n) is 9.88. The molecule has 2 aromatic rings. The van der Waals surface area contributed by atoms with Crippen LogP contribution < -0.4 is 4.74 Å². The van der Waals surface area contributed by atoms with Crippen molar-refractivity contribution >= 4 is 17.2 Å². The molecule has 0 spiro atoms. The van der Waals surface area contributed by atoms with E-state index in [4.69, 9.17) is 9.47 Å². The Morgan fingerprint density at radius 2 is 2.15 bits per heavy atom. The molecule has 0 bridgehead atoms. The summed E-state index contributed by atoms with van der Waals surface area (Å²) in [6.45, 7) is 2.04. The normalized spacial score (nSPS) is 18.9. The highest BCUT2D eigenvalue weighted by Crippen LogP contribution is 2.31. The molecule has 1 saturated heterocycles. The van der Waals surface area contributed by atoms with Crippen LogP contribution in [0, 0.1) is 0 Å². The highest BCUT2D eigenvalue weighted by atomic mass is 32.1. The van der Waals surface area contributed by atoms with Crippen LogP contribution in [0.1, 0.15) is 51.4 Å².